The van der Waals surface area contributed by atoms with E-state index in [1.807, 2.05) is 35.4 Å². The van der Waals surface area contributed by atoms with Crippen LogP contribution in [0, 0.1) is 0 Å². The molecule has 1 aromatic heterocycles. The Morgan fingerprint density at radius 2 is 1.97 bits per heavy atom. The quantitative estimate of drug-likeness (QED) is 0.382. The number of fused-ring (bicyclic) bond motifs is 1. The molecule has 0 N–H and O–H groups in total. The lowest BCUT2D eigenvalue weighted by Crippen LogP contribution is -2.49. The molecule has 34 heavy (non-hydrogen) atoms. The molecule has 0 bridgehead atoms. The summed E-state index contributed by atoms with van der Waals surface area (Å²) in [6.45, 7) is 4.56. The normalized spacial score (nSPS) is 15.9. The number of carbonyl (C=O) groups is 2. The van der Waals surface area contributed by atoms with Crippen LogP contribution in [0.1, 0.15) is 27.0 Å². The molecule has 8 nitrogen and oxygen atoms in total. The van der Waals surface area contributed by atoms with Crippen molar-refractivity contribution in [2.24, 2.45) is 0 Å². The van der Waals surface area contributed by atoms with Crippen molar-refractivity contribution in [2.75, 3.05) is 39.0 Å². The zero-order valence-corrected chi connectivity index (χ0v) is 20.0. The van der Waals surface area contributed by atoms with Gasteiger partial charge in [0.1, 0.15) is 19.3 Å². The fraction of sp³-hybridized carbons (Fsp3) is 0.360. The van der Waals surface area contributed by atoms with Gasteiger partial charge in [-0.3, -0.25) is 9.69 Å². The van der Waals surface area contributed by atoms with E-state index >= 15 is 0 Å². The predicted molar refractivity (Wildman–Crippen MR) is 129 cm³/mol. The Bertz CT molecular complexity index is 1190. The number of hydrogen-bond donors (Lipinski definition) is 0. The molecular formula is C25H27N5O3S. The maximum atomic E-state index is 13.0. The molecular weight excluding hydrogens is 450 g/mol. The van der Waals surface area contributed by atoms with E-state index in [4.69, 9.17) is 4.74 Å². The van der Waals surface area contributed by atoms with Gasteiger partial charge in [0.15, 0.2) is 0 Å². The summed E-state index contributed by atoms with van der Waals surface area (Å²) in [6.07, 6.45) is 6.54. The first-order chi connectivity index (χ1) is 16.6. The summed E-state index contributed by atoms with van der Waals surface area (Å²) in [7, 11) is 0. The lowest BCUT2D eigenvalue weighted by Gasteiger charge is -2.35. The van der Waals surface area contributed by atoms with Crippen LogP contribution in [0.15, 0.2) is 53.9 Å². The average Bonchev–Trinajstić information content (AvgIpc) is 3.53. The van der Waals surface area contributed by atoms with Crippen LogP contribution in [0.4, 0.5) is 0 Å². The number of rotatable bonds is 7. The van der Waals surface area contributed by atoms with E-state index in [2.05, 4.69) is 27.1 Å². The third kappa shape index (κ3) is 4.85. The van der Waals surface area contributed by atoms with Crippen molar-refractivity contribution >= 4 is 23.6 Å². The Hall–Kier alpha value is -3.17. The first kappa shape index (κ1) is 22.6. The van der Waals surface area contributed by atoms with Gasteiger partial charge in [0.05, 0.1) is 17.7 Å². The summed E-state index contributed by atoms with van der Waals surface area (Å²) in [5, 5.41) is 4.18. The predicted octanol–water partition coefficient (Wildman–Crippen LogP) is 2.59. The number of hydrogen-bond acceptors (Lipinski definition) is 7. The molecule has 0 radical (unpaired) electrons. The van der Waals surface area contributed by atoms with Gasteiger partial charge in [0.25, 0.3) is 0 Å². The van der Waals surface area contributed by atoms with Crippen molar-refractivity contribution in [3.63, 3.8) is 0 Å². The molecule has 176 valence electrons. The Balaban J connectivity index is 1.12. The Labute approximate surface area is 202 Å². The van der Waals surface area contributed by atoms with Gasteiger partial charge in [-0.15, -0.1) is 11.8 Å². The second-order valence-electron chi connectivity index (χ2n) is 8.55. The fourth-order valence-electron chi connectivity index (χ4n) is 4.49. The number of benzene rings is 2. The van der Waals surface area contributed by atoms with Gasteiger partial charge >= 0.3 is 5.97 Å². The maximum absolute atomic E-state index is 13.0. The second kappa shape index (κ2) is 9.99. The Morgan fingerprint density at radius 3 is 2.74 bits per heavy atom. The highest BCUT2D eigenvalue weighted by atomic mass is 32.2. The molecule has 3 aromatic rings. The van der Waals surface area contributed by atoms with E-state index in [-0.39, 0.29) is 11.9 Å². The van der Waals surface area contributed by atoms with E-state index < -0.39 is 0 Å². The van der Waals surface area contributed by atoms with E-state index in [0.29, 0.717) is 18.6 Å². The number of piperazine rings is 1. The lowest BCUT2D eigenvalue weighted by molar-refractivity contribution is -0.132. The van der Waals surface area contributed by atoms with Gasteiger partial charge in [-0.05, 0) is 42.0 Å². The standard InChI is InChI=1S/C25H27N5O3S/c1-34-23-14-21(30-17-26-16-27-30)4-3-19(23)13-24(31)29-10-8-28(9-11-29)7-6-18-2-5-22-20(12-18)15-33-25(22)32/h2-5,12,14,16-17H,6-11,13,15H2,1H3. The van der Waals surface area contributed by atoms with Crippen LogP contribution in [-0.4, -0.2) is 75.4 Å². The highest BCUT2D eigenvalue weighted by Gasteiger charge is 2.23. The van der Waals surface area contributed by atoms with Gasteiger partial charge in [0.2, 0.25) is 5.91 Å². The zero-order valence-electron chi connectivity index (χ0n) is 19.1. The number of esters is 1. The maximum Gasteiger partial charge on any atom is 0.338 e. The SMILES string of the molecule is CSc1cc(-n2cncn2)ccc1CC(=O)N1CCN(CCc2ccc3c(c2)COC3=O)CC1. The topological polar surface area (TPSA) is 80.6 Å². The van der Waals surface area contributed by atoms with Gasteiger partial charge in [0, 0.05) is 43.2 Å². The molecule has 2 aliphatic rings. The van der Waals surface area contributed by atoms with Crippen molar-refractivity contribution in [2.45, 2.75) is 24.3 Å². The van der Waals surface area contributed by atoms with Crippen LogP contribution in [-0.2, 0) is 29.0 Å². The molecule has 2 aromatic carbocycles. The summed E-state index contributed by atoms with van der Waals surface area (Å²) >= 11 is 1.64. The summed E-state index contributed by atoms with van der Waals surface area (Å²) in [5.41, 5.74) is 4.87. The largest absolute Gasteiger partial charge is 0.457 e. The van der Waals surface area contributed by atoms with Crippen LogP contribution < -0.4 is 0 Å². The van der Waals surface area contributed by atoms with Gasteiger partial charge in [-0.1, -0.05) is 18.2 Å². The highest BCUT2D eigenvalue weighted by molar-refractivity contribution is 7.98. The van der Waals surface area contributed by atoms with E-state index in [1.165, 1.54) is 11.9 Å². The van der Waals surface area contributed by atoms with Crippen LogP contribution in [0.25, 0.3) is 5.69 Å². The zero-order chi connectivity index (χ0) is 23.5. The van der Waals surface area contributed by atoms with Crippen molar-refractivity contribution in [3.8, 4) is 5.69 Å². The number of amides is 1. The van der Waals surface area contributed by atoms with Gasteiger partial charge < -0.3 is 9.64 Å². The molecule has 0 atom stereocenters. The number of nitrogens with zero attached hydrogens (tertiary/aromatic N) is 5. The minimum Gasteiger partial charge on any atom is -0.457 e. The summed E-state index contributed by atoms with van der Waals surface area (Å²) in [6, 6.07) is 12.0. The van der Waals surface area contributed by atoms with Crippen LogP contribution >= 0.6 is 11.8 Å². The summed E-state index contributed by atoms with van der Waals surface area (Å²) < 4.78 is 6.82. The molecule has 1 amide bonds. The molecule has 0 aliphatic carbocycles. The van der Waals surface area contributed by atoms with Crippen molar-refractivity contribution in [1.82, 2.24) is 24.6 Å². The Kier molecular flexibility index (Phi) is 6.64. The smallest absolute Gasteiger partial charge is 0.338 e. The minimum absolute atomic E-state index is 0.173. The first-order valence-corrected chi connectivity index (χ1v) is 12.6. The number of cyclic esters (lactones) is 1. The van der Waals surface area contributed by atoms with Crippen LogP contribution in [0.2, 0.25) is 0 Å². The molecule has 9 heteroatoms. The van der Waals surface area contributed by atoms with Crippen LogP contribution in [0.3, 0.4) is 0 Å². The molecule has 5 rings (SSSR count). The average molecular weight is 478 g/mol. The first-order valence-electron chi connectivity index (χ1n) is 11.4. The number of ether oxygens (including phenoxy) is 1. The molecule has 3 heterocycles. The molecule has 0 saturated carbocycles. The van der Waals surface area contributed by atoms with Crippen molar-refractivity contribution in [1.29, 1.82) is 0 Å². The van der Waals surface area contributed by atoms with Crippen LogP contribution in [0.5, 0.6) is 0 Å². The fourth-order valence-corrected chi connectivity index (χ4v) is 5.13. The lowest BCUT2D eigenvalue weighted by atomic mass is 10.0. The number of aromatic nitrogens is 3. The molecule has 1 saturated heterocycles. The van der Waals surface area contributed by atoms with E-state index in [1.54, 1.807) is 22.8 Å². The molecule has 2 aliphatic heterocycles. The van der Waals surface area contributed by atoms with Crippen molar-refractivity contribution < 1.29 is 14.3 Å². The third-order valence-electron chi connectivity index (χ3n) is 6.49. The summed E-state index contributed by atoms with van der Waals surface area (Å²) in [5.74, 6) is -0.0510. The Morgan fingerprint density at radius 1 is 1.12 bits per heavy atom. The van der Waals surface area contributed by atoms with Crippen molar-refractivity contribution in [3.05, 3.63) is 71.3 Å². The van der Waals surface area contributed by atoms with Gasteiger partial charge in [-0.25, -0.2) is 14.5 Å². The third-order valence-corrected chi connectivity index (χ3v) is 7.31. The minimum atomic E-state index is -0.224. The molecule has 0 unspecified atom stereocenters. The number of thioether (sulfide) groups is 1. The number of carbonyl (C=O) groups excluding carboxylic acids is 2. The van der Waals surface area contributed by atoms with Gasteiger partial charge in [-0.2, -0.15) is 5.10 Å². The summed E-state index contributed by atoms with van der Waals surface area (Å²) in [4.78, 5) is 34.1. The molecule has 0 spiro atoms. The second-order valence-corrected chi connectivity index (χ2v) is 9.40. The molecule has 1 fully saturated rings. The van der Waals surface area contributed by atoms with E-state index in [0.717, 1.165) is 60.9 Å². The highest BCUT2D eigenvalue weighted by Crippen LogP contribution is 2.25. The van der Waals surface area contributed by atoms with E-state index in [9.17, 15) is 9.59 Å². The monoisotopic (exact) mass is 477 g/mol.